The molecule has 90 valence electrons. The second kappa shape index (κ2) is 9.38. The average Bonchev–Trinajstić information content (AvgIpc) is 2.14. The van der Waals surface area contributed by atoms with Gasteiger partial charge in [0.1, 0.15) is 0 Å². The SMILES string of the molecule is CC(O)COC(C)CO.O=C(O)C(=O)O. The summed E-state index contributed by atoms with van der Waals surface area (Å²) in [6.45, 7) is 3.70. The fourth-order valence-corrected chi connectivity index (χ4v) is 0.356. The first-order chi connectivity index (χ1) is 6.81. The third kappa shape index (κ3) is 15.6. The van der Waals surface area contributed by atoms with Crippen LogP contribution in [-0.4, -0.2) is 57.8 Å². The Labute approximate surface area is 86.9 Å². The molecule has 7 nitrogen and oxygen atoms in total. The standard InChI is InChI=1S/C6H14O3.C2H2O4/c1-5(8)4-9-6(2)3-7;3-1(4)2(5)6/h5-8H,3-4H2,1-2H3;(H,3,4)(H,5,6). The summed E-state index contributed by atoms with van der Waals surface area (Å²) in [6.07, 6.45) is -0.612. The van der Waals surface area contributed by atoms with Gasteiger partial charge < -0.3 is 25.2 Å². The van der Waals surface area contributed by atoms with Crippen LogP contribution in [0.1, 0.15) is 13.8 Å². The molecule has 0 aromatic rings. The number of hydrogen-bond acceptors (Lipinski definition) is 5. The predicted molar refractivity (Wildman–Crippen MR) is 49.5 cm³/mol. The Kier molecular flexibility index (Phi) is 10.2. The lowest BCUT2D eigenvalue weighted by Gasteiger charge is -2.10. The van der Waals surface area contributed by atoms with E-state index in [4.69, 9.17) is 34.8 Å². The largest absolute Gasteiger partial charge is 0.473 e. The maximum absolute atomic E-state index is 9.10. The van der Waals surface area contributed by atoms with Crippen molar-refractivity contribution < 1.29 is 34.8 Å². The van der Waals surface area contributed by atoms with Crippen LogP contribution >= 0.6 is 0 Å². The maximum Gasteiger partial charge on any atom is 0.414 e. The molecule has 0 spiro atoms. The Bertz CT molecular complexity index is 177. The Morgan fingerprint density at radius 3 is 1.80 bits per heavy atom. The first kappa shape index (κ1) is 16.3. The molecule has 0 fully saturated rings. The normalized spacial score (nSPS) is 13.3. The van der Waals surface area contributed by atoms with E-state index in [1.807, 2.05) is 0 Å². The van der Waals surface area contributed by atoms with Crippen molar-refractivity contribution in [2.24, 2.45) is 0 Å². The lowest BCUT2D eigenvalue weighted by atomic mass is 10.4. The lowest BCUT2D eigenvalue weighted by molar-refractivity contribution is -0.159. The van der Waals surface area contributed by atoms with Crippen LogP contribution in [-0.2, 0) is 14.3 Å². The number of hydrogen-bond donors (Lipinski definition) is 4. The van der Waals surface area contributed by atoms with Gasteiger partial charge in [-0.05, 0) is 13.8 Å². The fraction of sp³-hybridized carbons (Fsp3) is 0.750. The molecule has 0 saturated carbocycles. The zero-order valence-corrected chi connectivity index (χ0v) is 8.58. The lowest BCUT2D eigenvalue weighted by Crippen LogP contribution is -2.19. The number of carboxylic acids is 2. The van der Waals surface area contributed by atoms with Gasteiger partial charge in [0.15, 0.2) is 0 Å². The van der Waals surface area contributed by atoms with Gasteiger partial charge in [-0.15, -0.1) is 0 Å². The molecule has 0 aliphatic rings. The molecule has 0 aliphatic carbocycles. The van der Waals surface area contributed by atoms with E-state index in [9.17, 15) is 0 Å². The number of aliphatic hydroxyl groups excluding tert-OH is 2. The summed E-state index contributed by atoms with van der Waals surface area (Å²) < 4.78 is 4.95. The molecule has 0 rings (SSSR count). The molecular weight excluding hydrogens is 208 g/mol. The molecule has 0 bridgehead atoms. The second-order valence-electron chi connectivity index (χ2n) is 2.79. The van der Waals surface area contributed by atoms with Crippen molar-refractivity contribution in [2.75, 3.05) is 13.2 Å². The van der Waals surface area contributed by atoms with Gasteiger partial charge in [-0.1, -0.05) is 0 Å². The van der Waals surface area contributed by atoms with E-state index in [1.165, 1.54) is 0 Å². The first-order valence-corrected chi connectivity index (χ1v) is 4.18. The molecule has 4 N–H and O–H groups in total. The van der Waals surface area contributed by atoms with Crippen LogP contribution in [0.15, 0.2) is 0 Å². The molecule has 0 amide bonds. The molecule has 0 radical (unpaired) electrons. The van der Waals surface area contributed by atoms with Crippen LogP contribution < -0.4 is 0 Å². The van der Waals surface area contributed by atoms with E-state index in [0.29, 0.717) is 6.61 Å². The third-order valence-corrected chi connectivity index (χ3v) is 1.06. The highest BCUT2D eigenvalue weighted by atomic mass is 16.5. The van der Waals surface area contributed by atoms with E-state index in [0.717, 1.165) is 0 Å². The summed E-state index contributed by atoms with van der Waals surface area (Å²) in [5, 5.41) is 31.9. The Hall–Kier alpha value is -1.18. The van der Waals surface area contributed by atoms with Gasteiger partial charge in [-0.3, -0.25) is 0 Å². The zero-order chi connectivity index (χ0) is 12.4. The van der Waals surface area contributed by atoms with Crippen molar-refractivity contribution in [3.63, 3.8) is 0 Å². The van der Waals surface area contributed by atoms with Crippen LogP contribution in [0.25, 0.3) is 0 Å². The molecule has 2 atom stereocenters. The van der Waals surface area contributed by atoms with Crippen molar-refractivity contribution in [3.05, 3.63) is 0 Å². The van der Waals surface area contributed by atoms with Crippen molar-refractivity contribution >= 4 is 11.9 Å². The van der Waals surface area contributed by atoms with Gasteiger partial charge in [-0.25, -0.2) is 9.59 Å². The third-order valence-electron chi connectivity index (χ3n) is 1.06. The molecule has 0 aliphatic heterocycles. The quantitative estimate of drug-likeness (QED) is 0.447. The van der Waals surface area contributed by atoms with E-state index < -0.39 is 18.0 Å². The highest BCUT2D eigenvalue weighted by Gasteiger charge is 2.04. The zero-order valence-electron chi connectivity index (χ0n) is 8.58. The van der Waals surface area contributed by atoms with Crippen LogP contribution in [0, 0.1) is 0 Å². The number of aliphatic carboxylic acids is 2. The summed E-state index contributed by atoms with van der Waals surface area (Å²) in [7, 11) is 0. The molecule has 15 heavy (non-hydrogen) atoms. The van der Waals surface area contributed by atoms with E-state index in [1.54, 1.807) is 13.8 Å². The molecule has 0 heterocycles. The van der Waals surface area contributed by atoms with E-state index in [-0.39, 0.29) is 12.7 Å². The van der Waals surface area contributed by atoms with Crippen molar-refractivity contribution in [1.29, 1.82) is 0 Å². The Balaban J connectivity index is 0. The summed E-state index contributed by atoms with van der Waals surface area (Å²) in [6, 6.07) is 0. The van der Waals surface area contributed by atoms with Gasteiger partial charge in [0.05, 0.1) is 25.4 Å². The fourth-order valence-electron chi connectivity index (χ4n) is 0.356. The van der Waals surface area contributed by atoms with Gasteiger partial charge in [0, 0.05) is 0 Å². The van der Waals surface area contributed by atoms with Crippen molar-refractivity contribution in [2.45, 2.75) is 26.1 Å². The monoisotopic (exact) mass is 224 g/mol. The summed E-state index contributed by atoms with van der Waals surface area (Å²) in [5.41, 5.74) is 0. The Morgan fingerprint density at radius 1 is 1.20 bits per heavy atom. The average molecular weight is 224 g/mol. The van der Waals surface area contributed by atoms with E-state index >= 15 is 0 Å². The van der Waals surface area contributed by atoms with Gasteiger partial charge in [0.2, 0.25) is 0 Å². The highest BCUT2D eigenvalue weighted by Crippen LogP contribution is 1.90. The number of ether oxygens (including phenoxy) is 1. The minimum atomic E-state index is -1.82. The van der Waals surface area contributed by atoms with Crippen LogP contribution in [0.4, 0.5) is 0 Å². The minimum absolute atomic E-state index is 0.00667. The summed E-state index contributed by atoms with van der Waals surface area (Å²) in [4.78, 5) is 18.2. The molecule has 0 aromatic heterocycles. The van der Waals surface area contributed by atoms with Gasteiger partial charge >= 0.3 is 11.9 Å². The van der Waals surface area contributed by atoms with Crippen LogP contribution in [0.5, 0.6) is 0 Å². The number of carbonyl (C=O) groups is 2. The molecule has 2 unspecified atom stereocenters. The second-order valence-corrected chi connectivity index (χ2v) is 2.79. The highest BCUT2D eigenvalue weighted by molar-refractivity contribution is 6.27. The smallest absolute Gasteiger partial charge is 0.414 e. The number of aliphatic hydroxyl groups is 2. The maximum atomic E-state index is 9.10. The minimum Gasteiger partial charge on any atom is -0.473 e. The van der Waals surface area contributed by atoms with Gasteiger partial charge in [0.25, 0.3) is 0 Å². The number of rotatable bonds is 4. The molecule has 0 aromatic carbocycles. The van der Waals surface area contributed by atoms with Crippen LogP contribution in [0.2, 0.25) is 0 Å². The summed E-state index contributed by atoms with van der Waals surface area (Å²) >= 11 is 0. The van der Waals surface area contributed by atoms with E-state index in [2.05, 4.69) is 0 Å². The van der Waals surface area contributed by atoms with Crippen LogP contribution in [0.3, 0.4) is 0 Å². The van der Waals surface area contributed by atoms with Crippen molar-refractivity contribution in [1.82, 2.24) is 0 Å². The molecule has 0 saturated heterocycles. The Morgan fingerprint density at radius 2 is 1.60 bits per heavy atom. The summed E-state index contributed by atoms with van der Waals surface area (Å²) in [5.74, 6) is -3.65. The first-order valence-electron chi connectivity index (χ1n) is 4.18. The number of carboxylic acid groups (broad SMARTS) is 2. The molecule has 7 heteroatoms. The predicted octanol–water partition coefficient (Wildman–Crippen LogP) is -1.08. The topological polar surface area (TPSA) is 124 Å². The van der Waals surface area contributed by atoms with Crippen molar-refractivity contribution in [3.8, 4) is 0 Å². The van der Waals surface area contributed by atoms with Gasteiger partial charge in [-0.2, -0.15) is 0 Å². The molecular formula is C8H16O7.